The summed E-state index contributed by atoms with van der Waals surface area (Å²) < 4.78 is 16.2. The third-order valence-electron chi connectivity index (χ3n) is 8.32. The summed E-state index contributed by atoms with van der Waals surface area (Å²) in [4.78, 5) is 39.1. The zero-order chi connectivity index (χ0) is 33.4. The molecule has 0 aliphatic carbocycles. The van der Waals surface area contributed by atoms with Crippen LogP contribution in [0.25, 0.3) is 21.5 Å². The lowest BCUT2D eigenvalue weighted by Gasteiger charge is -2.28. The van der Waals surface area contributed by atoms with Crippen molar-refractivity contribution in [2.75, 3.05) is 33.4 Å². The zero-order valence-corrected chi connectivity index (χ0v) is 27.6. The van der Waals surface area contributed by atoms with Gasteiger partial charge in [0.1, 0.15) is 6.61 Å². The average Bonchev–Trinajstić information content (AvgIpc) is 3.08. The van der Waals surface area contributed by atoms with Crippen LogP contribution in [-0.2, 0) is 41.4 Å². The van der Waals surface area contributed by atoms with Gasteiger partial charge in [0, 0.05) is 20.2 Å². The van der Waals surface area contributed by atoms with E-state index in [1.54, 1.807) is 14.0 Å². The van der Waals surface area contributed by atoms with Gasteiger partial charge in [0.15, 0.2) is 12.2 Å². The van der Waals surface area contributed by atoms with Crippen LogP contribution in [0.4, 0.5) is 0 Å². The number of hydrogen-bond donors (Lipinski definition) is 1. The van der Waals surface area contributed by atoms with E-state index < -0.39 is 36.7 Å². The maximum absolute atomic E-state index is 13.5. The van der Waals surface area contributed by atoms with Gasteiger partial charge in [-0.1, -0.05) is 97.8 Å². The third kappa shape index (κ3) is 11.2. The third-order valence-corrected chi connectivity index (χ3v) is 8.32. The minimum absolute atomic E-state index is 0.140. The van der Waals surface area contributed by atoms with Crippen molar-refractivity contribution in [1.82, 2.24) is 4.90 Å². The molecule has 47 heavy (non-hydrogen) atoms. The highest BCUT2D eigenvalue weighted by atomic mass is 16.6. The Morgan fingerprint density at radius 3 is 1.79 bits per heavy atom. The van der Waals surface area contributed by atoms with Crippen LogP contribution >= 0.6 is 0 Å². The SMILES string of the molecule is CCOC(=O)COC(C(=O)O)C(OCCCCCc1ccc2ccccc2c1)C(=O)N(C)CCCCCc1ccc2ccccc2c1. The number of nitrogens with zero attached hydrogens (tertiary/aromatic N) is 1. The summed E-state index contributed by atoms with van der Waals surface area (Å²) in [6, 6.07) is 29.6. The van der Waals surface area contributed by atoms with Crippen molar-refractivity contribution in [1.29, 1.82) is 0 Å². The number of unbranched alkanes of at least 4 members (excludes halogenated alkanes) is 4. The molecule has 4 aromatic carbocycles. The molecule has 2 unspecified atom stereocenters. The standard InChI is InChI=1S/C39H47NO7/c1-3-45-35(41)28-47-37(39(43)44)36(46-25-13-5-7-15-30-21-23-32-17-9-11-19-34(32)27-30)38(42)40(2)24-12-4-6-14-29-20-22-31-16-8-10-18-33(31)26-29/h8-11,16-23,26-27,36-37H,3-7,12-15,24-25,28H2,1-2H3,(H,43,44). The highest BCUT2D eigenvalue weighted by molar-refractivity contribution is 5.88. The summed E-state index contributed by atoms with van der Waals surface area (Å²) >= 11 is 0. The molecule has 8 nitrogen and oxygen atoms in total. The molecule has 0 radical (unpaired) electrons. The fourth-order valence-corrected chi connectivity index (χ4v) is 5.73. The molecule has 2 atom stereocenters. The Labute approximate surface area is 277 Å². The van der Waals surface area contributed by atoms with Crippen molar-refractivity contribution in [3.63, 3.8) is 0 Å². The first kappa shape index (κ1) is 35.6. The number of ether oxygens (including phenoxy) is 3. The first-order valence-corrected chi connectivity index (χ1v) is 16.7. The van der Waals surface area contributed by atoms with Crippen LogP contribution in [0.5, 0.6) is 0 Å². The number of carboxylic acids is 1. The van der Waals surface area contributed by atoms with E-state index in [1.165, 1.54) is 37.6 Å². The molecule has 1 amide bonds. The van der Waals surface area contributed by atoms with Crippen LogP contribution in [-0.4, -0.2) is 73.5 Å². The molecule has 0 aromatic heterocycles. The molecule has 0 aliphatic heterocycles. The minimum atomic E-state index is -1.64. The number of esters is 1. The summed E-state index contributed by atoms with van der Waals surface area (Å²) in [5.74, 6) is -2.54. The number of carbonyl (C=O) groups is 3. The smallest absolute Gasteiger partial charge is 0.336 e. The summed E-state index contributed by atoms with van der Waals surface area (Å²) in [6.07, 6.45) is 3.91. The van der Waals surface area contributed by atoms with Gasteiger partial charge in [0.25, 0.3) is 5.91 Å². The van der Waals surface area contributed by atoms with Gasteiger partial charge in [-0.3, -0.25) is 4.79 Å². The lowest BCUT2D eigenvalue weighted by molar-refractivity contribution is -0.177. The molecular weight excluding hydrogens is 594 g/mol. The second kappa shape index (κ2) is 18.8. The van der Waals surface area contributed by atoms with E-state index in [4.69, 9.17) is 14.2 Å². The molecule has 0 spiro atoms. The molecule has 0 saturated carbocycles. The number of rotatable bonds is 20. The lowest BCUT2D eigenvalue weighted by Crippen LogP contribution is -2.50. The number of fused-ring (bicyclic) bond motifs is 2. The number of amides is 1. The Bertz CT molecular complexity index is 1600. The maximum Gasteiger partial charge on any atom is 0.336 e. The quantitative estimate of drug-likeness (QED) is 0.0819. The van der Waals surface area contributed by atoms with E-state index in [-0.39, 0.29) is 13.2 Å². The van der Waals surface area contributed by atoms with Crippen LogP contribution in [0.3, 0.4) is 0 Å². The maximum atomic E-state index is 13.5. The van der Waals surface area contributed by atoms with Gasteiger partial charge < -0.3 is 24.2 Å². The van der Waals surface area contributed by atoms with Crippen molar-refractivity contribution >= 4 is 39.4 Å². The minimum Gasteiger partial charge on any atom is -0.479 e. The van der Waals surface area contributed by atoms with Crippen molar-refractivity contribution < 1.29 is 33.7 Å². The van der Waals surface area contributed by atoms with Crippen LogP contribution < -0.4 is 0 Å². The topological polar surface area (TPSA) is 102 Å². The largest absolute Gasteiger partial charge is 0.479 e. The van der Waals surface area contributed by atoms with E-state index >= 15 is 0 Å². The molecule has 4 rings (SSSR count). The van der Waals surface area contributed by atoms with Gasteiger partial charge in [0.2, 0.25) is 0 Å². The van der Waals surface area contributed by atoms with E-state index in [2.05, 4.69) is 60.7 Å². The Morgan fingerprint density at radius 1 is 0.681 bits per heavy atom. The fourth-order valence-electron chi connectivity index (χ4n) is 5.73. The number of benzene rings is 4. The molecule has 0 fully saturated rings. The monoisotopic (exact) mass is 641 g/mol. The molecule has 250 valence electrons. The van der Waals surface area contributed by atoms with Gasteiger partial charge in [-0.05, 0) is 78.1 Å². The highest BCUT2D eigenvalue weighted by Gasteiger charge is 2.38. The Kier molecular flexibility index (Phi) is 14.2. The first-order chi connectivity index (χ1) is 22.9. The Balaban J connectivity index is 1.26. The number of carbonyl (C=O) groups excluding carboxylic acids is 2. The second-order valence-electron chi connectivity index (χ2n) is 11.9. The molecule has 0 bridgehead atoms. The van der Waals surface area contributed by atoms with Crippen LogP contribution in [0, 0.1) is 0 Å². The molecule has 8 heteroatoms. The summed E-state index contributed by atoms with van der Waals surface area (Å²) in [5, 5.41) is 14.8. The first-order valence-electron chi connectivity index (χ1n) is 16.7. The molecular formula is C39H47NO7. The molecule has 4 aromatic rings. The average molecular weight is 642 g/mol. The van der Waals surface area contributed by atoms with E-state index in [0.717, 1.165) is 44.9 Å². The lowest BCUT2D eigenvalue weighted by atomic mass is 10.0. The molecule has 0 heterocycles. The second-order valence-corrected chi connectivity index (χ2v) is 11.9. The predicted molar refractivity (Wildman–Crippen MR) is 184 cm³/mol. The van der Waals surface area contributed by atoms with Crippen molar-refractivity contribution in [2.45, 2.75) is 70.5 Å². The van der Waals surface area contributed by atoms with Crippen molar-refractivity contribution in [3.05, 3.63) is 96.1 Å². The number of likely N-dealkylation sites (N-methyl/N-ethyl adjacent to an activating group) is 1. The van der Waals surface area contributed by atoms with Crippen molar-refractivity contribution in [2.24, 2.45) is 0 Å². The zero-order valence-electron chi connectivity index (χ0n) is 27.6. The van der Waals surface area contributed by atoms with Gasteiger partial charge in [-0.2, -0.15) is 0 Å². The highest BCUT2D eigenvalue weighted by Crippen LogP contribution is 2.19. The normalized spacial score (nSPS) is 12.6. The van der Waals surface area contributed by atoms with Crippen molar-refractivity contribution in [3.8, 4) is 0 Å². The summed E-state index contributed by atoms with van der Waals surface area (Å²) in [7, 11) is 1.65. The van der Waals surface area contributed by atoms with E-state index in [9.17, 15) is 19.5 Å². The number of carboxylic acid groups (broad SMARTS) is 1. The van der Waals surface area contributed by atoms with Crippen LogP contribution in [0.15, 0.2) is 84.9 Å². The Hall–Kier alpha value is -4.27. The molecule has 0 aliphatic rings. The molecule has 1 N–H and O–H groups in total. The Morgan fingerprint density at radius 2 is 1.23 bits per heavy atom. The number of hydrogen-bond acceptors (Lipinski definition) is 6. The number of aryl methyl sites for hydroxylation is 2. The van der Waals surface area contributed by atoms with E-state index in [1.807, 2.05) is 24.3 Å². The van der Waals surface area contributed by atoms with E-state index in [0.29, 0.717) is 13.0 Å². The summed E-state index contributed by atoms with van der Waals surface area (Å²) in [6.45, 7) is 1.86. The van der Waals surface area contributed by atoms with Crippen LogP contribution in [0.1, 0.15) is 56.6 Å². The summed E-state index contributed by atoms with van der Waals surface area (Å²) in [5.41, 5.74) is 2.54. The predicted octanol–water partition coefficient (Wildman–Crippen LogP) is 7.00. The van der Waals surface area contributed by atoms with Gasteiger partial charge in [0.05, 0.1) is 6.61 Å². The fraction of sp³-hybridized carbons (Fsp3) is 0.410. The molecule has 0 saturated heterocycles. The number of aliphatic carboxylic acids is 1. The van der Waals surface area contributed by atoms with Gasteiger partial charge in [-0.25, -0.2) is 9.59 Å². The van der Waals surface area contributed by atoms with Gasteiger partial charge in [-0.15, -0.1) is 0 Å². The van der Waals surface area contributed by atoms with Gasteiger partial charge >= 0.3 is 11.9 Å². The van der Waals surface area contributed by atoms with Crippen LogP contribution in [0.2, 0.25) is 0 Å².